The Morgan fingerprint density at radius 3 is 2.72 bits per heavy atom. The Morgan fingerprint density at radius 1 is 1.44 bits per heavy atom. The predicted molar refractivity (Wildman–Crippen MR) is 70.9 cm³/mol. The summed E-state index contributed by atoms with van der Waals surface area (Å²) in [5, 5.41) is 2.83. The molecule has 1 saturated carbocycles. The van der Waals surface area contributed by atoms with Crippen molar-refractivity contribution >= 4 is 15.8 Å². The average Bonchev–Trinajstić information content (AvgIpc) is 2.26. The van der Waals surface area contributed by atoms with Gasteiger partial charge >= 0.3 is 0 Å². The van der Waals surface area contributed by atoms with E-state index >= 15 is 0 Å². The first-order chi connectivity index (χ1) is 8.53. The number of hydrogen-bond acceptors (Lipinski definition) is 4. The van der Waals surface area contributed by atoms with Gasteiger partial charge in [-0.05, 0) is 31.7 Å². The largest absolute Gasteiger partial charge is 0.373 e. The summed E-state index contributed by atoms with van der Waals surface area (Å²) in [7, 11) is -1.73. The lowest BCUT2D eigenvalue weighted by Gasteiger charge is -2.31. The first-order valence-electron chi connectivity index (χ1n) is 6.19. The fourth-order valence-electron chi connectivity index (χ4n) is 2.06. The summed E-state index contributed by atoms with van der Waals surface area (Å²) in [6.45, 7) is 1.93. The fraction of sp³-hybridized carbons (Fsp3) is 0.583. The van der Waals surface area contributed by atoms with Crippen molar-refractivity contribution in [3.8, 4) is 0 Å². The Bertz CT molecular complexity index is 512. The van der Waals surface area contributed by atoms with Crippen molar-refractivity contribution in [3.63, 3.8) is 0 Å². The molecule has 1 fully saturated rings. The van der Waals surface area contributed by atoms with Gasteiger partial charge in [-0.2, -0.15) is 0 Å². The molecule has 1 heterocycles. The Kier molecular flexibility index (Phi) is 3.87. The zero-order valence-electron chi connectivity index (χ0n) is 10.7. The lowest BCUT2D eigenvalue weighted by atomic mass is 9.81. The van der Waals surface area contributed by atoms with Gasteiger partial charge in [-0.25, -0.2) is 18.1 Å². The van der Waals surface area contributed by atoms with Crippen molar-refractivity contribution < 1.29 is 8.42 Å². The molecule has 2 rings (SSSR count). The fourth-order valence-corrected chi connectivity index (χ4v) is 3.39. The van der Waals surface area contributed by atoms with E-state index in [2.05, 4.69) is 15.0 Å². The molecule has 0 bridgehead atoms. The minimum Gasteiger partial charge on any atom is -0.373 e. The molecule has 0 spiro atoms. The lowest BCUT2D eigenvalue weighted by molar-refractivity contribution is 0.260. The monoisotopic (exact) mass is 269 g/mol. The van der Waals surface area contributed by atoms with E-state index in [1.54, 1.807) is 7.05 Å². The molecule has 18 heavy (non-hydrogen) atoms. The predicted octanol–water partition coefficient (Wildman–Crippen LogP) is 1.59. The van der Waals surface area contributed by atoms with E-state index in [0.717, 1.165) is 12.8 Å². The molecule has 1 atom stereocenters. The number of sulfonamides is 1. The molecule has 1 aromatic rings. The van der Waals surface area contributed by atoms with Gasteiger partial charge in [-0.15, -0.1) is 0 Å². The van der Waals surface area contributed by atoms with Crippen LogP contribution >= 0.6 is 0 Å². The Balaban J connectivity index is 2.13. The number of nitrogens with one attached hydrogen (secondary N) is 2. The molecule has 0 aliphatic heterocycles. The number of rotatable bonds is 5. The van der Waals surface area contributed by atoms with Crippen LogP contribution in [-0.2, 0) is 10.0 Å². The summed E-state index contributed by atoms with van der Waals surface area (Å²) in [6.07, 6.45) is 4.92. The third kappa shape index (κ3) is 2.81. The van der Waals surface area contributed by atoms with Crippen LogP contribution in [0.15, 0.2) is 23.2 Å². The van der Waals surface area contributed by atoms with Crippen LogP contribution in [0.3, 0.4) is 0 Å². The highest BCUT2D eigenvalue weighted by Gasteiger charge is 2.27. The molecule has 1 aromatic heterocycles. The normalized spacial score (nSPS) is 18.1. The average molecular weight is 269 g/mol. The molecule has 6 heteroatoms. The number of aromatic nitrogens is 1. The van der Waals surface area contributed by atoms with E-state index < -0.39 is 10.0 Å². The van der Waals surface area contributed by atoms with Gasteiger partial charge in [0, 0.05) is 25.4 Å². The molecule has 100 valence electrons. The molecule has 0 saturated heterocycles. The number of anilines is 1. The topological polar surface area (TPSA) is 71.1 Å². The highest BCUT2D eigenvalue weighted by atomic mass is 32.2. The van der Waals surface area contributed by atoms with Crippen molar-refractivity contribution in [3.05, 3.63) is 18.3 Å². The molecule has 5 nitrogen and oxygen atoms in total. The number of pyridine rings is 1. The highest BCUT2D eigenvalue weighted by molar-refractivity contribution is 7.89. The number of nitrogens with zero attached hydrogens (tertiary/aromatic N) is 1. The number of hydrogen-bond donors (Lipinski definition) is 2. The minimum atomic E-state index is -3.44. The van der Waals surface area contributed by atoms with Gasteiger partial charge in [-0.1, -0.05) is 6.42 Å². The van der Waals surface area contributed by atoms with Gasteiger partial charge in [0.05, 0.1) is 4.90 Å². The molecule has 0 aromatic carbocycles. The molecule has 1 aliphatic rings. The van der Waals surface area contributed by atoms with Crippen LogP contribution in [0.5, 0.6) is 0 Å². The molecule has 0 amide bonds. The van der Waals surface area contributed by atoms with Crippen LogP contribution in [0.1, 0.15) is 26.2 Å². The van der Waals surface area contributed by atoms with E-state index in [1.807, 2.05) is 6.92 Å². The highest BCUT2D eigenvalue weighted by Crippen LogP contribution is 2.30. The zero-order chi connectivity index (χ0) is 13.2. The Labute approximate surface area is 108 Å². The zero-order valence-corrected chi connectivity index (χ0v) is 11.5. The molecule has 1 unspecified atom stereocenters. The lowest BCUT2D eigenvalue weighted by Crippen LogP contribution is -2.40. The minimum absolute atomic E-state index is 0.00467. The van der Waals surface area contributed by atoms with Crippen LogP contribution in [0.4, 0.5) is 5.82 Å². The van der Waals surface area contributed by atoms with Gasteiger partial charge < -0.3 is 5.32 Å². The summed E-state index contributed by atoms with van der Waals surface area (Å²) < 4.78 is 27.1. The van der Waals surface area contributed by atoms with Crippen molar-refractivity contribution in [2.45, 2.75) is 37.1 Å². The SMILES string of the molecule is CNc1cc(S(=O)(=O)NC(C)C2CCC2)ccn1. The molecular weight excluding hydrogens is 250 g/mol. The maximum absolute atomic E-state index is 12.2. The molecule has 0 radical (unpaired) electrons. The maximum Gasteiger partial charge on any atom is 0.241 e. The molecule has 2 N–H and O–H groups in total. The first-order valence-corrected chi connectivity index (χ1v) is 7.67. The molecule has 1 aliphatic carbocycles. The van der Waals surface area contributed by atoms with Crippen LogP contribution in [0.2, 0.25) is 0 Å². The van der Waals surface area contributed by atoms with Gasteiger partial charge in [0.25, 0.3) is 0 Å². The van der Waals surface area contributed by atoms with Crippen LogP contribution in [0, 0.1) is 5.92 Å². The maximum atomic E-state index is 12.2. The van der Waals surface area contributed by atoms with Crippen molar-refractivity contribution in [1.82, 2.24) is 9.71 Å². The third-order valence-corrected chi connectivity index (χ3v) is 5.05. The van der Waals surface area contributed by atoms with Gasteiger partial charge in [-0.3, -0.25) is 0 Å². The van der Waals surface area contributed by atoms with Crippen molar-refractivity contribution in [2.24, 2.45) is 5.92 Å². The van der Waals surface area contributed by atoms with E-state index in [4.69, 9.17) is 0 Å². The third-order valence-electron chi connectivity index (χ3n) is 3.50. The second kappa shape index (κ2) is 5.24. The second-order valence-electron chi connectivity index (χ2n) is 4.73. The molecular formula is C12H19N3O2S. The Hall–Kier alpha value is -1.14. The van der Waals surface area contributed by atoms with E-state index in [-0.39, 0.29) is 10.9 Å². The summed E-state index contributed by atoms with van der Waals surface area (Å²) in [4.78, 5) is 4.27. The van der Waals surface area contributed by atoms with E-state index in [0.29, 0.717) is 11.7 Å². The van der Waals surface area contributed by atoms with Crippen molar-refractivity contribution in [2.75, 3.05) is 12.4 Å². The van der Waals surface area contributed by atoms with Gasteiger partial charge in [0.15, 0.2) is 0 Å². The van der Waals surface area contributed by atoms with Crippen molar-refractivity contribution in [1.29, 1.82) is 0 Å². The summed E-state index contributed by atoms with van der Waals surface area (Å²) in [6, 6.07) is 3.04. The second-order valence-corrected chi connectivity index (χ2v) is 6.44. The summed E-state index contributed by atoms with van der Waals surface area (Å²) in [5.41, 5.74) is 0. The van der Waals surface area contributed by atoms with Crippen LogP contribution < -0.4 is 10.0 Å². The van der Waals surface area contributed by atoms with Gasteiger partial charge in [0.2, 0.25) is 10.0 Å². The summed E-state index contributed by atoms with van der Waals surface area (Å²) in [5.74, 6) is 1.03. The van der Waals surface area contributed by atoms with Gasteiger partial charge in [0.1, 0.15) is 5.82 Å². The van der Waals surface area contributed by atoms with E-state index in [1.165, 1.54) is 24.8 Å². The van der Waals surface area contributed by atoms with E-state index in [9.17, 15) is 8.42 Å². The standard InChI is InChI=1S/C12H19N3O2S/c1-9(10-4-3-5-10)15-18(16,17)11-6-7-14-12(8-11)13-2/h6-10,15H,3-5H2,1-2H3,(H,13,14). The van der Waals surface area contributed by atoms with Crippen LogP contribution in [0.25, 0.3) is 0 Å². The smallest absolute Gasteiger partial charge is 0.241 e. The van der Waals surface area contributed by atoms with Crippen LogP contribution in [-0.4, -0.2) is 26.5 Å². The quantitative estimate of drug-likeness (QED) is 0.851. The first kappa shape index (κ1) is 13.3. The summed E-state index contributed by atoms with van der Waals surface area (Å²) >= 11 is 0. The Morgan fingerprint density at radius 2 is 2.17 bits per heavy atom.